The van der Waals surface area contributed by atoms with Gasteiger partial charge in [-0.1, -0.05) is 74.0 Å². The lowest BCUT2D eigenvalue weighted by molar-refractivity contribution is 0.101. The third-order valence-corrected chi connectivity index (χ3v) is 6.90. The molecular weight excluding hydrogens is 516 g/mol. The zero-order valence-corrected chi connectivity index (χ0v) is 23.2. The predicted molar refractivity (Wildman–Crippen MR) is 161 cm³/mol. The lowest BCUT2D eigenvalue weighted by atomic mass is 9.98. The summed E-state index contributed by atoms with van der Waals surface area (Å²) in [6.07, 6.45) is 2.01. The zero-order chi connectivity index (χ0) is 28.8. The summed E-state index contributed by atoms with van der Waals surface area (Å²) in [6, 6.07) is 27.8. The first-order valence-electron chi connectivity index (χ1n) is 13.8. The summed E-state index contributed by atoms with van der Waals surface area (Å²) >= 11 is 0. The van der Waals surface area contributed by atoms with Gasteiger partial charge in [-0.15, -0.1) is 0 Å². The molecule has 0 bridgehead atoms. The molecule has 0 amide bonds. The molecule has 1 heterocycles. The van der Waals surface area contributed by atoms with Crippen LogP contribution in [0.25, 0.3) is 33.4 Å². The van der Waals surface area contributed by atoms with E-state index in [1.54, 1.807) is 30.3 Å². The van der Waals surface area contributed by atoms with E-state index in [2.05, 4.69) is 0 Å². The molecule has 6 heteroatoms. The van der Waals surface area contributed by atoms with Gasteiger partial charge in [0, 0.05) is 23.6 Å². The minimum atomic E-state index is -0.182. The van der Waals surface area contributed by atoms with Crippen molar-refractivity contribution in [1.29, 1.82) is 0 Å². The van der Waals surface area contributed by atoms with Crippen LogP contribution in [0.2, 0.25) is 0 Å². The highest BCUT2D eigenvalue weighted by Crippen LogP contribution is 2.34. The van der Waals surface area contributed by atoms with Gasteiger partial charge in [0.15, 0.2) is 5.78 Å². The second-order valence-corrected chi connectivity index (χ2v) is 9.82. The Morgan fingerprint density at radius 3 is 2.22 bits per heavy atom. The molecule has 0 unspecified atom stereocenters. The van der Waals surface area contributed by atoms with Crippen molar-refractivity contribution in [3.63, 3.8) is 0 Å². The minimum Gasteiger partial charge on any atom is -0.507 e. The summed E-state index contributed by atoms with van der Waals surface area (Å²) in [5, 5.41) is 11.0. The first kappa shape index (κ1) is 27.7. The number of rotatable bonds is 11. The number of benzene rings is 4. The maximum Gasteiger partial charge on any atom is 0.201 e. The van der Waals surface area contributed by atoms with Crippen LogP contribution < -0.4 is 14.9 Å². The summed E-state index contributed by atoms with van der Waals surface area (Å²) in [7, 11) is 0. The van der Waals surface area contributed by atoms with E-state index in [0.717, 1.165) is 17.5 Å². The zero-order valence-electron chi connectivity index (χ0n) is 23.2. The van der Waals surface area contributed by atoms with Gasteiger partial charge in [-0.05, 0) is 43.2 Å². The maximum absolute atomic E-state index is 13.7. The van der Waals surface area contributed by atoms with Crippen molar-refractivity contribution < 1.29 is 23.8 Å². The van der Waals surface area contributed by atoms with E-state index in [4.69, 9.17) is 13.9 Å². The number of hydrogen-bond acceptors (Lipinski definition) is 6. The van der Waals surface area contributed by atoms with Gasteiger partial charge >= 0.3 is 0 Å². The Morgan fingerprint density at radius 1 is 0.854 bits per heavy atom. The Kier molecular flexibility index (Phi) is 8.49. The number of Topliss-reactive ketones (excluding diaryl/α,β-unsaturated/α-hetero) is 1. The van der Waals surface area contributed by atoms with Crippen LogP contribution in [0.1, 0.15) is 42.6 Å². The van der Waals surface area contributed by atoms with E-state index in [0.29, 0.717) is 71.0 Å². The molecule has 1 aromatic heterocycles. The molecule has 41 heavy (non-hydrogen) atoms. The lowest BCUT2D eigenvalue weighted by Gasteiger charge is -2.15. The number of ether oxygens (including phenoxy) is 2. The molecule has 0 aliphatic carbocycles. The average Bonchev–Trinajstić information content (AvgIpc) is 2.99. The third kappa shape index (κ3) is 6.02. The molecule has 0 saturated carbocycles. The third-order valence-electron chi connectivity index (χ3n) is 6.90. The highest BCUT2D eigenvalue weighted by atomic mass is 16.5. The molecule has 0 aliphatic rings. The quantitative estimate of drug-likeness (QED) is 0.134. The highest BCUT2D eigenvalue weighted by Gasteiger charge is 2.19. The standard InChI is InChI=1S/C35H32O6/c1-3-11-28-30(19-18-27(23(2)36)33(28)37)40-21-10-20-39-26-16-17-29-31(22-26)41-35(25-14-8-5-9-15-25)32(34(29)38)24-12-6-4-7-13-24/h4-9,12-19,22,37H,3,10-11,20-21H2,1-2H3. The molecule has 4 aromatic carbocycles. The predicted octanol–water partition coefficient (Wildman–Crippen LogP) is 7.84. The second kappa shape index (κ2) is 12.6. The van der Waals surface area contributed by atoms with Crippen molar-refractivity contribution in [3.05, 3.63) is 112 Å². The lowest BCUT2D eigenvalue weighted by Crippen LogP contribution is -2.09. The molecule has 0 radical (unpaired) electrons. The summed E-state index contributed by atoms with van der Waals surface area (Å²) in [5.74, 6) is 1.49. The average molecular weight is 549 g/mol. The molecule has 208 valence electrons. The van der Waals surface area contributed by atoms with Crippen LogP contribution in [-0.2, 0) is 6.42 Å². The fourth-order valence-electron chi connectivity index (χ4n) is 4.88. The number of carbonyl (C=O) groups is 1. The van der Waals surface area contributed by atoms with Gasteiger partial charge in [-0.2, -0.15) is 0 Å². The van der Waals surface area contributed by atoms with Crippen LogP contribution in [0, 0.1) is 0 Å². The smallest absolute Gasteiger partial charge is 0.201 e. The molecule has 5 aromatic rings. The molecule has 0 atom stereocenters. The number of hydrogen-bond donors (Lipinski definition) is 1. The van der Waals surface area contributed by atoms with Crippen LogP contribution >= 0.6 is 0 Å². The number of aromatic hydroxyl groups is 1. The van der Waals surface area contributed by atoms with E-state index < -0.39 is 0 Å². The Bertz CT molecular complexity index is 1720. The van der Waals surface area contributed by atoms with Crippen LogP contribution in [-0.4, -0.2) is 24.1 Å². The normalized spacial score (nSPS) is 11.0. The molecule has 0 aliphatic heterocycles. The number of carbonyl (C=O) groups excluding carboxylic acids is 1. The Labute approximate surface area is 238 Å². The van der Waals surface area contributed by atoms with Crippen LogP contribution in [0.4, 0.5) is 0 Å². The van der Waals surface area contributed by atoms with Gasteiger partial charge in [-0.25, -0.2) is 0 Å². The Balaban J connectivity index is 1.33. The largest absolute Gasteiger partial charge is 0.507 e. The van der Waals surface area contributed by atoms with E-state index in [-0.39, 0.29) is 17.0 Å². The topological polar surface area (TPSA) is 86.0 Å². The van der Waals surface area contributed by atoms with E-state index in [1.807, 2.05) is 67.6 Å². The van der Waals surface area contributed by atoms with Gasteiger partial charge in [-0.3, -0.25) is 9.59 Å². The summed E-state index contributed by atoms with van der Waals surface area (Å²) in [4.78, 5) is 25.5. The van der Waals surface area contributed by atoms with Crippen LogP contribution in [0.5, 0.6) is 17.2 Å². The molecule has 6 nitrogen and oxygen atoms in total. The fourth-order valence-corrected chi connectivity index (χ4v) is 4.88. The van der Waals surface area contributed by atoms with Crippen molar-refractivity contribution >= 4 is 16.8 Å². The first-order chi connectivity index (χ1) is 20.0. The monoisotopic (exact) mass is 548 g/mol. The summed E-state index contributed by atoms with van der Waals surface area (Å²) in [5.41, 5.74) is 3.45. The van der Waals surface area contributed by atoms with Gasteiger partial charge in [0.2, 0.25) is 5.43 Å². The Hall–Kier alpha value is -4.84. The maximum atomic E-state index is 13.7. The summed E-state index contributed by atoms with van der Waals surface area (Å²) in [6.45, 7) is 4.19. The van der Waals surface area contributed by atoms with Crippen molar-refractivity contribution in [1.82, 2.24) is 0 Å². The van der Waals surface area contributed by atoms with Crippen molar-refractivity contribution in [2.75, 3.05) is 13.2 Å². The fraction of sp³-hybridized carbons (Fsp3) is 0.200. The number of fused-ring (bicyclic) bond motifs is 1. The van der Waals surface area contributed by atoms with Gasteiger partial charge in [0.25, 0.3) is 0 Å². The Morgan fingerprint density at radius 2 is 1.54 bits per heavy atom. The van der Waals surface area contributed by atoms with Gasteiger partial charge in [0.05, 0.1) is 29.7 Å². The SMILES string of the molecule is CCCc1c(OCCCOc2ccc3c(=O)c(-c4ccccc4)c(-c4ccccc4)oc3c2)ccc(C(C)=O)c1O. The second-order valence-electron chi connectivity index (χ2n) is 9.82. The van der Waals surface area contributed by atoms with Crippen molar-refractivity contribution in [2.24, 2.45) is 0 Å². The summed E-state index contributed by atoms with van der Waals surface area (Å²) < 4.78 is 18.3. The van der Waals surface area contributed by atoms with E-state index in [1.165, 1.54) is 6.92 Å². The van der Waals surface area contributed by atoms with Crippen LogP contribution in [0.3, 0.4) is 0 Å². The number of phenols is 1. The first-order valence-corrected chi connectivity index (χ1v) is 13.8. The van der Waals surface area contributed by atoms with Gasteiger partial charge in [0.1, 0.15) is 28.6 Å². The highest BCUT2D eigenvalue weighted by molar-refractivity contribution is 5.97. The van der Waals surface area contributed by atoms with Gasteiger partial charge < -0.3 is 19.0 Å². The molecule has 1 N–H and O–H groups in total. The van der Waals surface area contributed by atoms with E-state index >= 15 is 0 Å². The van der Waals surface area contributed by atoms with Crippen LogP contribution in [0.15, 0.2) is 100 Å². The molecule has 0 fully saturated rings. The van der Waals surface area contributed by atoms with Crippen molar-refractivity contribution in [3.8, 4) is 39.7 Å². The number of ketones is 1. The molecular formula is C35H32O6. The molecule has 0 saturated heterocycles. The van der Waals surface area contributed by atoms with Crippen molar-refractivity contribution in [2.45, 2.75) is 33.1 Å². The minimum absolute atomic E-state index is 0.00366. The molecule has 0 spiro atoms. The number of phenolic OH excluding ortho intramolecular Hbond substituents is 1. The molecule has 5 rings (SSSR count). The van der Waals surface area contributed by atoms with E-state index in [9.17, 15) is 14.7 Å².